The predicted molar refractivity (Wildman–Crippen MR) is 41.1 cm³/mol. The van der Waals surface area contributed by atoms with Gasteiger partial charge in [-0.25, -0.2) is 4.79 Å². The van der Waals surface area contributed by atoms with E-state index in [0.717, 1.165) is 0 Å². The van der Waals surface area contributed by atoms with Crippen molar-refractivity contribution in [1.29, 1.82) is 0 Å². The van der Waals surface area contributed by atoms with Gasteiger partial charge in [0.25, 0.3) is 0 Å². The van der Waals surface area contributed by atoms with Gasteiger partial charge in [0, 0.05) is 0 Å². The van der Waals surface area contributed by atoms with Crippen LogP contribution in [-0.2, 0) is 11.0 Å². The maximum absolute atomic E-state index is 12.2. The molecule has 1 rings (SSSR count). The minimum atomic E-state index is -5.46. The largest absolute Gasteiger partial charge is 0.493 e. The monoisotopic (exact) mass is 276 g/mol. The quantitative estimate of drug-likeness (QED) is 0.711. The molecule has 0 aliphatic heterocycles. The zero-order valence-electron chi connectivity index (χ0n) is 8.04. The number of carbonyl (C=O) groups excluding carboxylic acids is 1. The number of aromatic nitrogens is 2. The van der Waals surface area contributed by atoms with Gasteiger partial charge in [0.2, 0.25) is 0 Å². The summed E-state index contributed by atoms with van der Waals surface area (Å²) >= 11 is 0. The average Bonchev–Trinajstić information content (AvgIpc) is 2.17. The van der Waals surface area contributed by atoms with Crippen LogP contribution in [0.5, 0.6) is 0 Å². The molecule has 0 saturated carbocycles. The highest BCUT2D eigenvalue weighted by atomic mass is 19.4. The fourth-order valence-corrected chi connectivity index (χ4v) is 0.806. The molecule has 0 unspecified atom stereocenters. The third kappa shape index (κ3) is 2.99. The smallest absolute Gasteiger partial charge is 0.306 e. The van der Waals surface area contributed by atoms with Gasteiger partial charge in [-0.05, 0) is 10.9 Å². The van der Waals surface area contributed by atoms with Crippen LogP contribution in [0.25, 0.3) is 0 Å². The molecule has 0 aliphatic rings. The van der Waals surface area contributed by atoms with E-state index in [1.807, 2.05) is 0 Å². The van der Waals surface area contributed by atoms with Gasteiger partial charge in [-0.3, -0.25) is 4.79 Å². The lowest BCUT2D eigenvalue weighted by atomic mass is 10.3. The Kier molecular flexibility index (Phi) is 3.35. The highest BCUT2D eigenvalue weighted by Crippen LogP contribution is 2.25. The molecule has 0 radical (unpaired) electrons. The standard InChI is InChI=1S/C7H2F6N2O3/c8-6(9,10)3-1-2-14-15(4(3)16)18-5(17)7(11,12)13/h1-2H. The lowest BCUT2D eigenvalue weighted by Gasteiger charge is -2.09. The third-order valence-corrected chi connectivity index (χ3v) is 1.52. The Bertz CT molecular complexity index is 517. The summed E-state index contributed by atoms with van der Waals surface area (Å²) in [6, 6.07) is 0.236. The number of alkyl halides is 6. The summed E-state index contributed by atoms with van der Waals surface area (Å²) in [6.07, 6.45) is -10.2. The summed E-state index contributed by atoms with van der Waals surface area (Å²) in [7, 11) is 0. The topological polar surface area (TPSA) is 61.2 Å². The second-order valence-corrected chi connectivity index (χ2v) is 2.80. The number of halogens is 6. The SMILES string of the molecule is O=C(On1nccc(C(F)(F)F)c1=O)C(F)(F)F. The van der Waals surface area contributed by atoms with Crippen LogP contribution in [-0.4, -0.2) is 22.1 Å². The van der Waals surface area contributed by atoms with Gasteiger partial charge >= 0.3 is 23.9 Å². The van der Waals surface area contributed by atoms with Crippen LogP contribution in [0.2, 0.25) is 0 Å². The van der Waals surface area contributed by atoms with Gasteiger partial charge in [0.1, 0.15) is 5.56 Å². The van der Waals surface area contributed by atoms with Gasteiger partial charge in [-0.2, -0.15) is 26.3 Å². The maximum Gasteiger partial charge on any atom is 0.493 e. The molecule has 0 fully saturated rings. The maximum atomic E-state index is 12.2. The predicted octanol–water partition coefficient (Wildman–Crippen LogP) is 0.780. The first-order chi connectivity index (χ1) is 8.03. The number of hydrogen-bond donors (Lipinski definition) is 0. The van der Waals surface area contributed by atoms with Gasteiger partial charge in [0.05, 0.1) is 6.20 Å². The minimum absolute atomic E-state index is 0.236. The first-order valence-corrected chi connectivity index (χ1v) is 3.98. The van der Waals surface area contributed by atoms with E-state index in [9.17, 15) is 35.9 Å². The Balaban J connectivity index is 3.14. The molecule has 0 spiro atoms. The fraction of sp³-hybridized carbons (Fsp3) is 0.286. The second kappa shape index (κ2) is 4.31. The van der Waals surface area contributed by atoms with Crippen molar-refractivity contribution < 1.29 is 36.0 Å². The van der Waals surface area contributed by atoms with E-state index in [0.29, 0.717) is 6.20 Å². The molecule has 0 amide bonds. The van der Waals surface area contributed by atoms with Crippen LogP contribution in [0.15, 0.2) is 17.1 Å². The van der Waals surface area contributed by atoms with E-state index < -0.39 is 34.3 Å². The van der Waals surface area contributed by atoms with E-state index >= 15 is 0 Å². The van der Waals surface area contributed by atoms with Crippen molar-refractivity contribution in [2.45, 2.75) is 12.4 Å². The molecule has 0 aromatic carbocycles. The number of nitrogens with zero attached hydrogens (tertiary/aromatic N) is 2. The summed E-state index contributed by atoms with van der Waals surface area (Å²) < 4.78 is 71.9. The van der Waals surface area contributed by atoms with E-state index in [1.54, 1.807) is 0 Å². The molecule has 0 bridgehead atoms. The van der Waals surface area contributed by atoms with Crippen molar-refractivity contribution >= 4 is 5.97 Å². The van der Waals surface area contributed by atoms with Crippen LogP contribution < -0.4 is 10.4 Å². The second-order valence-electron chi connectivity index (χ2n) is 2.80. The van der Waals surface area contributed by atoms with Gasteiger partial charge in [-0.1, -0.05) is 0 Å². The van der Waals surface area contributed by atoms with Crippen molar-refractivity contribution in [1.82, 2.24) is 9.94 Å². The van der Waals surface area contributed by atoms with Crippen molar-refractivity contribution in [3.63, 3.8) is 0 Å². The highest BCUT2D eigenvalue weighted by molar-refractivity contribution is 5.75. The molecule has 0 saturated heterocycles. The van der Waals surface area contributed by atoms with Crippen LogP contribution in [0, 0.1) is 0 Å². The highest BCUT2D eigenvalue weighted by Gasteiger charge is 2.43. The summed E-state index contributed by atoms with van der Waals surface area (Å²) in [4.78, 5) is 24.0. The molecule has 100 valence electrons. The van der Waals surface area contributed by atoms with Crippen molar-refractivity contribution in [2.75, 3.05) is 0 Å². The summed E-state index contributed by atoms with van der Waals surface area (Å²) in [6.45, 7) is 0. The van der Waals surface area contributed by atoms with Gasteiger partial charge in [-0.15, -0.1) is 5.10 Å². The molecule has 0 atom stereocenters. The Morgan fingerprint density at radius 1 is 1.22 bits per heavy atom. The van der Waals surface area contributed by atoms with E-state index in [1.165, 1.54) is 0 Å². The zero-order chi connectivity index (χ0) is 14.1. The van der Waals surface area contributed by atoms with Crippen LogP contribution in [0.3, 0.4) is 0 Å². The summed E-state index contributed by atoms with van der Waals surface area (Å²) in [5.74, 6) is -2.86. The molecule has 0 aliphatic carbocycles. The summed E-state index contributed by atoms with van der Waals surface area (Å²) in [5.41, 5.74) is -3.84. The Hall–Kier alpha value is -2.07. The molecule has 0 N–H and O–H groups in total. The first kappa shape index (κ1) is 14.0. The van der Waals surface area contributed by atoms with Crippen molar-refractivity contribution in [3.8, 4) is 0 Å². The molecular weight excluding hydrogens is 274 g/mol. The lowest BCUT2D eigenvalue weighted by molar-refractivity contribution is -0.202. The Labute approximate surface area is 93.5 Å². The molecule has 1 aromatic rings. The first-order valence-electron chi connectivity index (χ1n) is 3.98. The van der Waals surface area contributed by atoms with Crippen LogP contribution >= 0.6 is 0 Å². The van der Waals surface area contributed by atoms with E-state index in [2.05, 4.69) is 9.94 Å². The Morgan fingerprint density at radius 3 is 2.22 bits per heavy atom. The zero-order valence-corrected chi connectivity index (χ0v) is 8.04. The third-order valence-electron chi connectivity index (χ3n) is 1.52. The molecule has 1 aromatic heterocycles. The lowest BCUT2D eigenvalue weighted by Crippen LogP contribution is -2.41. The number of hydrogen-bond acceptors (Lipinski definition) is 4. The minimum Gasteiger partial charge on any atom is -0.306 e. The van der Waals surface area contributed by atoms with Crippen LogP contribution in [0.1, 0.15) is 5.56 Å². The van der Waals surface area contributed by atoms with E-state index in [4.69, 9.17) is 0 Å². The van der Waals surface area contributed by atoms with Gasteiger partial charge < -0.3 is 4.84 Å². The van der Waals surface area contributed by atoms with E-state index in [-0.39, 0.29) is 6.07 Å². The van der Waals surface area contributed by atoms with Crippen molar-refractivity contribution in [3.05, 3.63) is 28.2 Å². The number of carbonyl (C=O) groups is 1. The van der Waals surface area contributed by atoms with Gasteiger partial charge in [0.15, 0.2) is 0 Å². The molecule has 18 heavy (non-hydrogen) atoms. The Morgan fingerprint density at radius 2 is 1.78 bits per heavy atom. The summed E-state index contributed by atoms with van der Waals surface area (Å²) in [5, 5.41) is 2.77. The molecular formula is C7H2F6N2O3. The average molecular weight is 276 g/mol. The number of rotatable bonds is 1. The molecule has 5 nitrogen and oxygen atoms in total. The normalized spacial score (nSPS) is 12.3. The fourth-order valence-electron chi connectivity index (χ4n) is 0.806. The molecule has 11 heteroatoms. The van der Waals surface area contributed by atoms with Crippen LogP contribution in [0.4, 0.5) is 26.3 Å². The molecule has 1 heterocycles. The van der Waals surface area contributed by atoms with Crippen molar-refractivity contribution in [2.24, 2.45) is 0 Å².